The van der Waals surface area contributed by atoms with E-state index in [9.17, 15) is 19.2 Å². The average Bonchev–Trinajstić information content (AvgIpc) is 2.77. The van der Waals surface area contributed by atoms with Gasteiger partial charge in [0.1, 0.15) is 23.4 Å². The van der Waals surface area contributed by atoms with Crippen molar-refractivity contribution in [1.29, 1.82) is 0 Å². The van der Waals surface area contributed by atoms with Crippen molar-refractivity contribution in [2.45, 2.75) is 31.8 Å². The van der Waals surface area contributed by atoms with E-state index in [-0.39, 0.29) is 24.3 Å². The van der Waals surface area contributed by atoms with Crippen molar-refractivity contribution in [2.75, 3.05) is 7.11 Å². The van der Waals surface area contributed by atoms with E-state index >= 15 is 0 Å². The lowest BCUT2D eigenvalue weighted by atomic mass is 10.0. The molecule has 3 rings (SSSR count). The number of ether oxygens (including phenoxy) is 1. The van der Waals surface area contributed by atoms with Crippen LogP contribution in [0.3, 0.4) is 0 Å². The molecule has 0 fully saturated rings. The Morgan fingerprint density at radius 2 is 1.73 bits per heavy atom. The van der Waals surface area contributed by atoms with Gasteiger partial charge >= 0.3 is 5.63 Å². The van der Waals surface area contributed by atoms with Crippen LogP contribution < -0.4 is 26.7 Å². The van der Waals surface area contributed by atoms with Crippen LogP contribution >= 0.6 is 0 Å². The van der Waals surface area contributed by atoms with Gasteiger partial charge in [0, 0.05) is 37.3 Å². The van der Waals surface area contributed by atoms with Gasteiger partial charge in [0.2, 0.25) is 17.7 Å². The Morgan fingerprint density at radius 1 is 1.00 bits per heavy atom. The molecule has 3 amide bonds. The zero-order valence-corrected chi connectivity index (χ0v) is 18.3. The van der Waals surface area contributed by atoms with Crippen molar-refractivity contribution in [1.82, 2.24) is 10.6 Å². The monoisotopic (exact) mass is 451 g/mol. The number of hydrogen-bond donors (Lipinski definition) is 3. The summed E-state index contributed by atoms with van der Waals surface area (Å²) in [7, 11) is 1.49. The highest BCUT2D eigenvalue weighted by molar-refractivity contribution is 5.92. The fraction of sp³-hybridized carbons (Fsp3) is 0.250. The molecule has 0 radical (unpaired) electrons. The zero-order chi connectivity index (χ0) is 24.0. The highest BCUT2D eigenvalue weighted by Crippen LogP contribution is 2.23. The Hall–Kier alpha value is -4.14. The number of carbonyl (C=O) groups is 3. The number of carbonyl (C=O) groups excluding carboxylic acids is 3. The van der Waals surface area contributed by atoms with Gasteiger partial charge in [-0.2, -0.15) is 0 Å². The van der Waals surface area contributed by atoms with E-state index in [1.165, 1.54) is 20.1 Å². The summed E-state index contributed by atoms with van der Waals surface area (Å²) in [5, 5.41) is 5.80. The maximum atomic E-state index is 13.0. The molecule has 1 heterocycles. The smallest absolute Gasteiger partial charge is 0.336 e. The van der Waals surface area contributed by atoms with Crippen molar-refractivity contribution in [3.05, 3.63) is 76.1 Å². The van der Waals surface area contributed by atoms with E-state index in [2.05, 4.69) is 10.6 Å². The highest BCUT2D eigenvalue weighted by Gasteiger charge is 2.26. The molecule has 172 valence electrons. The van der Waals surface area contributed by atoms with Gasteiger partial charge in [0.25, 0.3) is 0 Å². The molecule has 1 aromatic heterocycles. The topological polar surface area (TPSA) is 141 Å². The van der Waals surface area contributed by atoms with Crippen LogP contribution in [0.15, 0.2) is 63.8 Å². The molecular formula is C24H25N3O6. The van der Waals surface area contributed by atoms with Crippen LogP contribution in [0.2, 0.25) is 0 Å². The lowest BCUT2D eigenvalue weighted by Gasteiger charge is -2.22. The fourth-order valence-electron chi connectivity index (χ4n) is 3.53. The standard InChI is InChI=1S/C24H25N3O6/c1-14(28)26-20(10-15-6-4-3-5-7-15)24(31)27-19(23(25)30)11-16-12-22(29)33-21-13-17(32-2)8-9-18(16)21/h3-9,12-13,19-20H,10-11H2,1-2H3,(H2,25,30)(H,26,28)(H,27,31)/t19-,20-/m1/s1. The Labute approximate surface area is 189 Å². The molecule has 0 aliphatic rings. The van der Waals surface area contributed by atoms with Crippen molar-refractivity contribution in [2.24, 2.45) is 5.73 Å². The summed E-state index contributed by atoms with van der Waals surface area (Å²) in [6.07, 6.45) is 0.197. The van der Waals surface area contributed by atoms with Crippen LogP contribution in [0.1, 0.15) is 18.1 Å². The van der Waals surface area contributed by atoms with Crippen LogP contribution in [0.25, 0.3) is 11.0 Å². The molecule has 9 nitrogen and oxygen atoms in total. The normalized spacial score (nSPS) is 12.5. The van der Waals surface area contributed by atoms with Crippen molar-refractivity contribution >= 4 is 28.7 Å². The maximum absolute atomic E-state index is 13.0. The van der Waals surface area contributed by atoms with Gasteiger partial charge in [-0.1, -0.05) is 30.3 Å². The van der Waals surface area contributed by atoms with Gasteiger partial charge < -0.3 is 25.5 Å². The first-order chi connectivity index (χ1) is 15.8. The summed E-state index contributed by atoms with van der Waals surface area (Å²) < 4.78 is 10.4. The second kappa shape index (κ2) is 10.4. The largest absolute Gasteiger partial charge is 0.497 e. The van der Waals surface area contributed by atoms with E-state index in [1.807, 2.05) is 30.3 Å². The molecule has 2 atom stereocenters. The maximum Gasteiger partial charge on any atom is 0.336 e. The lowest BCUT2D eigenvalue weighted by Crippen LogP contribution is -2.54. The number of benzene rings is 2. The molecule has 9 heteroatoms. The number of hydrogen-bond acceptors (Lipinski definition) is 6. The molecular weight excluding hydrogens is 426 g/mol. The summed E-state index contributed by atoms with van der Waals surface area (Å²) in [5.74, 6) is -1.23. The number of fused-ring (bicyclic) bond motifs is 1. The minimum Gasteiger partial charge on any atom is -0.497 e. The van der Waals surface area contributed by atoms with E-state index < -0.39 is 29.5 Å². The second-order valence-electron chi connectivity index (χ2n) is 7.56. The highest BCUT2D eigenvalue weighted by atomic mass is 16.5. The van der Waals surface area contributed by atoms with Crippen molar-refractivity contribution < 1.29 is 23.5 Å². The zero-order valence-electron chi connectivity index (χ0n) is 18.3. The quantitative estimate of drug-likeness (QED) is 0.416. The summed E-state index contributed by atoms with van der Waals surface area (Å²) in [6.45, 7) is 1.31. The van der Waals surface area contributed by atoms with E-state index in [1.54, 1.807) is 18.2 Å². The first kappa shape index (κ1) is 23.5. The van der Waals surface area contributed by atoms with Gasteiger partial charge in [0.05, 0.1) is 7.11 Å². The third kappa shape index (κ3) is 6.19. The lowest BCUT2D eigenvalue weighted by molar-refractivity contribution is -0.130. The van der Waals surface area contributed by atoms with E-state index in [4.69, 9.17) is 14.9 Å². The minimum atomic E-state index is -1.11. The number of methoxy groups -OCH3 is 1. The molecule has 3 aromatic rings. The number of primary amides is 1. The first-order valence-corrected chi connectivity index (χ1v) is 10.3. The molecule has 0 spiro atoms. The molecule has 0 unspecified atom stereocenters. The SMILES string of the molecule is COc1ccc2c(C[C@@H](NC(=O)[C@@H](Cc3ccccc3)NC(C)=O)C(N)=O)cc(=O)oc2c1. The molecule has 33 heavy (non-hydrogen) atoms. The van der Waals surface area contributed by atoms with Gasteiger partial charge in [-0.3, -0.25) is 14.4 Å². The number of rotatable bonds is 9. The van der Waals surface area contributed by atoms with Gasteiger partial charge in [0.15, 0.2) is 0 Å². The number of nitrogens with two attached hydrogens (primary N) is 1. The fourth-order valence-corrected chi connectivity index (χ4v) is 3.53. The summed E-state index contributed by atoms with van der Waals surface area (Å²) in [4.78, 5) is 48.8. The second-order valence-corrected chi connectivity index (χ2v) is 7.56. The first-order valence-electron chi connectivity index (χ1n) is 10.3. The van der Waals surface area contributed by atoms with Crippen LogP contribution in [-0.2, 0) is 27.2 Å². The minimum absolute atomic E-state index is 0.0341. The summed E-state index contributed by atoms with van der Waals surface area (Å²) in [6, 6.07) is 13.3. The molecule has 0 saturated heterocycles. The van der Waals surface area contributed by atoms with Gasteiger partial charge in [-0.15, -0.1) is 0 Å². The van der Waals surface area contributed by atoms with Crippen LogP contribution in [0, 0.1) is 0 Å². The Bertz CT molecular complexity index is 1220. The number of nitrogens with one attached hydrogen (secondary N) is 2. The average molecular weight is 451 g/mol. The molecule has 0 bridgehead atoms. The van der Waals surface area contributed by atoms with Gasteiger partial charge in [-0.05, 0) is 23.3 Å². The van der Waals surface area contributed by atoms with Crippen LogP contribution in [-0.4, -0.2) is 36.9 Å². The molecule has 0 aliphatic carbocycles. The summed E-state index contributed by atoms with van der Waals surface area (Å²) >= 11 is 0. The van der Waals surface area contributed by atoms with Crippen molar-refractivity contribution in [3.63, 3.8) is 0 Å². The third-order valence-electron chi connectivity index (χ3n) is 5.10. The molecule has 2 aromatic carbocycles. The number of amides is 3. The molecule has 4 N–H and O–H groups in total. The molecule has 0 saturated carbocycles. The Kier molecular flexibility index (Phi) is 7.45. The van der Waals surface area contributed by atoms with Gasteiger partial charge in [-0.25, -0.2) is 4.79 Å². The van der Waals surface area contributed by atoms with Crippen LogP contribution in [0.5, 0.6) is 5.75 Å². The predicted molar refractivity (Wildman–Crippen MR) is 122 cm³/mol. The van der Waals surface area contributed by atoms with E-state index in [0.717, 1.165) is 5.56 Å². The Morgan fingerprint density at radius 3 is 2.36 bits per heavy atom. The van der Waals surface area contributed by atoms with Crippen molar-refractivity contribution in [3.8, 4) is 5.75 Å². The summed E-state index contributed by atoms with van der Waals surface area (Å²) in [5.41, 5.74) is 6.54. The van der Waals surface area contributed by atoms with E-state index in [0.29, 0.717) is 16.7 Å². The predicted octanol–water partition coefficient (Wildman–Crippen LogP) is 1.06. The molecule has 0 aliphatic heterocycles. The van der Waals surface area contributed by atoms with Crippen LogP contribution in [0.4, 0.5) is 0 Å². The third-order valence-corrected chi connectivity index (χ3v) is 5.10. The Balaban J connectivity index is 1.85.